The Kier molecular flexibility index (Phi) is 8.34. The van der Waals surface area contributed by atoms with E-state index in [1.54, 1.807) is 7.11 Å². The molecule has 7 nitrogen and oxygen atoms in total. The molecule has 2 fully saturated rings. The fourth-order valence-electron chi connectivity index (χ4n) is 6.36. The molecule has 3 heterocycles. The fourth-order valence-corrected chi connectivity index (χ4v) is 6.36. The van der Waals surface area contributed by atoms with Gasteiger partial charge in [-0.3, -0.25) is 4.79 Å². The maximum Gasteiger partial charge on any atom is 0.254 e. The van der Waals surface area contributed by atoms with E-state index in [-0.39, 0.29) is 11.9 Å². The van der Waals surface area contributed by atoms with Crippen LogP contribution in [0.2, 0.25) is 0 Å². The first-order chi connectivity index (χ1) is 20.6. The Hall–Kier alpha value is -4.41. The Morgan fingerprint density at radius 1 is 1.00 bits per heavy atom. The minimum Gasteiger partial charge on any atom is -0.496 e. The lowest BCUT2D eigenvalue weighted by Gasteiger charge is -2.29. The van der Waals surface area contributed by atoms with Crippen molar-refractivity contribution in [1.29, 1.82) is 5.26 Å². The molecule has 6 rings (SSSR count). The van der Waals surface area contributed by atoms with Crippen LogP contribution in [-0.2, 0) is 6.42 Å². The quantitative estimate of drug-likeness (QED) is 0.265. The van der Waals surface area contributed by atoms with Crippen molar-refractivity contribution >= 4 is 22.6 Å². The molecule has 0 spiro atoms. The third-order valence-corrected chi connectivity index (χ3v) is 8.59. The van der Waals surface area contributed by atoms with Crippen LogP contribution in [0, 0.1) is 11.3 Å². The normalized spacial score (nSPS) is 17.0. The smallest absolute Gasteiger partial charge is 0.254 e. The number of hydrogen-bond acceptors (Lipinski definition) is 6. The highest BCUT2D eigenvalue weighted by atomic mass is 16.5. The van der Waals surface area contributed by atoms with Gasteiger partial charge in [-0.25, -0.2) is 4.98 Å². The Morgan fingerprint density at radius 2 is 1.79 bits per heavy atom. The van der Waals surface area contributed by atoms with Gasteiger partial charge >= 0.3 is 0 Å². The number of hydrogen-bond donors (Lipinski definition) is 1. The van der Waals surface area contributed by atoms with Crippen molar-refractivity contribution in [2.45, 2.75) is 38.1 Å². The number of carbonyl (C=O) groups is 1. The summed E-state index contributed by atoms with van der Waals surface area (Å²) in [5, 5.41) is 13.5. The van der Waals surface area contributed by atoms with Crippen molar-refractivity contribution < 1.29 is 9.53 Å². The number of fused-ring (bicyclic) bond motifs is 1. The van der Waals surface area contributed by atoms with E-state index in [0.717, 1.165) is 78.8 Å². The van der Waals surface area contributed by atoms with Gasteiger partial charge in [-0.1, -0.05) is 36.4 Å². The first-order valence-electron chi connectivity index (χ1n) is 15.0. The van der Waals surface area contributed by atoms with Crippen LogP contribution in [0.25, 0.3) is 22.0 Å². The SMILES string of the molecule is COc1ccccc1CCNc1cc(C(=O)N2CCC[C@H]2CN2CCCC2)c2cc(-c3ccc(C#N)cc3)ccc2n1. The molecule has 214 valence electrons. The maximum absolute atomic E-state index is 14.3. The highest BCUT2D eigenvalue weighted by Gasteiger charge is 2.32. The third kappa shape index (κ3) is 5.95. The molecule has 0 radical (unpaired) electrons. The van der Waals surface area contributed by atoms with Crippen molar-refractivity contribution in [3.05, 3.63) is 89.5 Å². The standard InChI is InChI=1S/C35H37N5O2/c1-42-33-9-3-2-7-27(33)16-17-37-34-22-31(35(41)40-20-6-8-29(40)24-39-18-4-5-19-39)30-21-28(14-15-32(30)38-34)26-12-10-25(23-36)11-13-26/h2-3,7,9-15,21-22,29H,4-6,8,16-20,24H2,1H3,(H,37,38)/t29-/m0/s1. The van der Waals surface area contributed by atoms with E-state index in [0.29, 0.717) is 23.5 Å². The largest absolute Gasteiger partial charge is 0.496 e. The zero-order chi connectivity index (χ0) is 28.9. The molecule has 1 atom stereocenters. The minimum absolute atomic E-state index is 0.0776. The van der Waals surface area contributed by atoms with Crippen LogP contribution >= 0.6 is 0 Å². The number of rotatable bonds is 9. The molecule has 1 aromatic heterocycles. The van der Waals surface area contributed by atoms with Gasteiger partial charge in [-0.05, 0) is 98.3 Å². The summed E-state index contributed by atoms with van der Waals surface area (Å²) in [4.78, 5) is 23.8. The predicted octanol–water partition coefficient (Wildman–Crippen LogP) is 6.14. The molecule has 2 aliphatic heterocycles. The molecule has 2 aliphatic rings. The second-order valence-electron chi connectivity index (χ2n) is 11.3. The zero-order valence-corrected chi connectivity index (χ0v) is 24.2. The zero-order valence-electron chi connectivity index (χ0n) is 24.2. The number of aromatic nitrogens is 1. The monoisotopic (exact) mass is 559 g/mol. The third-order valence-electron chi connectivity index (χ3n) is 8.59. The van der Waals surface area contributed by atoms with Gasteiger partial charge in [-0.15, -0.1) is 0 Å². The molecule has 3 aromatic carbocycles. The fraction of sp³-hybridized carbons (Fsp3) is 0.343. The van der Waals surface area contributed by atoms with Gasteiger partial charge in [0, 0.05) is 31.1 Å². The number of likely N-dealkylation sites (tertiary alicyclic amines) is 2. The number of anilines is 1. The highest BCUT2D eigenvalue weighted by Crippen LogP contribution is 2.31. The Bertz CT molecular complexity index is 1600. The topological polar surface area (TPSA) is 81.5 Å². The van der Waals surface area contributed by atoms with E-state index in [1.165, 1.54) is 12.8 Å². The number of para-hydroxylation sites is 1. The van der Waals surface area contributed by atoms with E-state index in [9.17, 15) is 10.1 Å². The summed E-state index contributed by atoms with van der Waals surface area (Å²) in [5.74, 6) is 1.64. The molecule has 0 unspecified atom stereocenters. The summed E-state index contributed by atoms with van der Waals surface area (Å²) < 4.78 is 5.52. The summed E-state index contributed by atoms with van der Waals surface area (Å²) in [6.45, 7) is 4.66. The molecular weight excluding hydrogens is 522 g/mol. The maximum atomic E-state index is 14.3. The lowest BCUT2D eigenvalue weighted by atomic mass is 9.99. The van der Waals surface area contributed by atoms with Crippen LogP contribution in [0.15, 0.2) is 72.8 Å². The van der Waals surface area contributed by atoms with Crippen molar-refractivity contribution in [1.82, 2.24) is 14.8 Å². The van der Waals surface area contributed by atoms with E-state index < -0.39 is 0 Å². The van der Waals surface area contributed by atoms with E-state index in [4.69, 9.17) is 9.72 Å². The predicted molar refractivity (Wildman–Crippen MR) is 167 cm³/mol. The van der Waals surface area contributed by atoms with Crippen LogP contribution in [-0.4, -0.2) is 66.6 Å². The molecule has 4 aromatic rings. The molecular formula is C35H37N5O2. The molecule has 1 amide bonds. The summed E-state index contributed by atoms with van der Waals surface area (Å²) in [6, 6.07) is 26.0. The van der Waals surface area contributed by atoms with Crippen molar-refractivity contribution in [3.8, 4) is 22.9 Å². The number of pyridine rings is 1. The number of nitrogens with zero attached hydrogens (tertiary/aromatic N) is 4. The number of benzene rings is 3. The summed E-state index contributed by atoms with van der Waals surface area (Å²) in [6.07, 6.45) is 5.35. The van der Waals surface area contributed by atoms with Gasteiger partial charge < -0.3 is 19.9 Å². The number of carbonyl (C=O) groups excluding carboxylic acids is 1. The van der Waals surface area contributed by atoms with Crippen LogP contribution in [0.4, 0.5) is 5.82 Å². The van der Waals surface area contributed by atoms with Crippen molar-refractivity contribution in [3.63, 3.8) is 0 Å². The minimum atomic E-state index is 0.0776. The van der Waals surface area contributed by atoms with E-state index >= 15 is 0 Å². The number of amides is 1. The first-order valence-corrected chi connectivity index (χ1v) is 15.0. The van der Waals surface area contributed by atoms with Crippen LogP contribution in [0.3, 0.4) is 0 Å². The molecule has 0 bridgehead atoms. The Balaban J connectivity index is 1.32. The van der Waals surface area contributed by atoms with Crippen LogP contribution in [0.5, 0.6) is 5.75 Å². The molecule has 1 N–H and O–H groups in total. The molecule has 0 saturated carbocycles. The molecule has 7 heteroatoms. The number of nitriles is 1. The second-order valence-corrected chi connectivity index (χ2v) is 11.3. The lowest BCUT2D eigenvalue weighted by Crippen LogP contribution is -2.42. The average Bonchev–Trinajstić information content (AvgIpc) is 3.73. The number of ether oxygens (including phenoxy) is 1. The van der Waals surface area contributed by atoms with Gasteiger partial charge in [-0.2, -0.15) is 5.26 Å². The van der Waals surface area contributed by atoms with Gasteiger partial charge in [0.2, 0.25) is 0 Å². The van der Waals surface area contributed by atoms with Crippen LogP contribution in [0.1, 0.15) is 47.2 Å². The lowest BCUT2D eigenvalue weighted by molar-refractivity contribution is 0.0710. The molecule has 2 saturated heterocycles. The number of methoxy groups -OCH3 is 1. The van der Waals surface area contributed by atoms with Crippen molar-refractivity contribution in [2.75, 3.05) is 45.2 Å². The van der Waals surface area contributed by atoms with Gasteiger partial charge in [0.05, 0.1) is 29.8 Å². The average molecular weight is 560 g/mol. The molecule has 42 heavy (non-hydrogen) atoms. The summed E-state index contributed by atoms with van der Waals surface area (Å²) >= 11 is 0. The highest BCUT2D eigenvalue weighted by molar-refractivity contribution is 6.08. The second kappa shape index (κ2) is 12.6. The first kappa shape index (κ1) is 27.7. The van der Waals surface area contributed by atoms with Gasteiger partial charge in [0.25, 0.3) is 5.91 Å². The van der Waals surface area contributed by atoms with Crippen LogP contribution < -0.4 is 10.1 Å². The summed E-state index contributed by atoms with van der Waals surface area (Å²) in [7, 11) is 1.69. The van der Waals surface area contributed by atoms with Crippen molar-refractivity contribution in [2.24, 2.45) is 0 Å². The Morgan fingerprint density at radius 3 is 2.57 bits per heavy atom. The van der Waals surface area contributed by atoms with Gasteiger partial charge in [0.1, 0.15) is 11.6 Å². The molecule has 0 aliphatic carbocycles. The number of nitrogens with one attached hydrogen (secondary N) is 1. The summed E-state index contributed by atoms with van der Waals surface area (Å²) in [5.41, 5.74) is 5.21. The van der Waals surface area contributed by atoms with E-state index in [1.807, 2.05) is 60.7 Å². The van der Waals surface area contributed by atoms with E-state index in [2.05, 4.69) is 33.3 Å². The van der Waals surface area contributed by atoms with Gasteiger partial charge in [0.15, 0.2) is 0 Å². The Labute approximate surface area is 247 Å².